The first-order valence-corrected chi connectivity index (χ1v) is 8.22. The van der Waals surface area contributed by atoms with E-state index >= 15 is 0 Å². The van der Waals surface area contributed by atoms with Crippen LogP contribution in [-0.4, -0.2) is 33.9 Å². The van der Waals surface area contributed by atoms with E-state index in [0.717, 1.165) is 19.1 Å². The normalized spacial score (nSPS) is 37.9. The number of rotatable bonds is 4. The minimum Gasteiger partial charge on any atom is -0.469 e. The molecule has 5 nitrogen and oxygen atoms in total. The second-order valence-corrected chi connectivity index (χ2v) is 7.19. The number of carbonyl (C=O) groups excluding carboxylic acids is 1. The number of esters is 1. The average molecular weight is 288 g/mol. The molecular weight excluding hydrogens is 268 g/mol. The Morgan fingerprint density at radius 1 is 1.47 bits per heavy atom. The largest absolute Gasteiger partial charge is 0.469 e. The van der Waals surface area contributed by atoms with Gasteiger partial charge in [-0.3, -0.25) is 8.98 Å². The number of ether oxygens (including phenoxy) is 1. The van der Waals surface area contributed by atoms with Gasteiger partial charge < -0.3 is 4.74 Å². The lowest BCUT2D eigenvalue weighted by Crippen LogP contribution is -2.52. The molecule has 6 heteroatoms. The van der Waals surface area contributed by atoms with E-state index in [9.17, 15) is 13.2 Å². The van der Waals surface area contributed by atoms with Crippen LogP contribution in [-0.2, 0) is 23.8 Å². The zero-order valence-corrected chi connectivity index (χ0v) is 12.1. The minimum atomic E-state index is -3.47. The van der Waals surface area contributed by atoms with Crippen molar-refractivity contribution in [2.45, 2.75) is 31.8 Å². The van der Waals surface area contributed by atoms with Crippen molar-refractivity contribution in [3.8, 4) is 0 Å². The standard InChI is InChI=1S/C13H20O5S/c1-4-13-6-5-9(7-10(13)12(14)17-2)11(8-13)18-19(3,15)16/h4,9-11H,1,5-8H2,2-3H3. The molecule has 0 aliphatic heterocycles. The van der Waals surface area contributed by atoms with Crippen molar-refractivity contribution in [2.75, 3.05) is 13.4 Å². The maximum atomic E-state index is 11.9. The molecule has 0 radical (unpaired) electrons. The van der Waals surface area contributed by atoms with Gasteiger partial charge in [-0.05, 0) is 31.6 Å². The summed E-state index contributed by atoms with van der Waals surface area (Å²) >= 11 is 0. The van der Waals surface area contributed by atoms with Crippen LogP contribution in [0.2, 0.25) is 0 Å². The number of hydrogen-bond acceptors (Lipinski definition) is 5. The summed E-state index contributed by atoms with van der Waals surface area (Å²) in [6, 6.07) is 0. The van der Waals surface area contributed by atoms with Gasteiger partial charge in [-0.15, -0.1) is 6.58 Å². The lowest BCUT2D eigenvalue weighted by molar-refractivity contribution is -0.159. The third-order valence-electron chi connectivity index (χ3n) is 4.51. The summed E-state index contributed by atoms with van der Waals surface area (Å²) in [5.74, 6) is -0.365. The van der Waals surface area contributed by atoms with Gasteiger partial charge >= 0.3 is 5.97 Å². The Morgan fingerprint density at radius 3 is 2.68 bits per heavy atom. The van der Waals surface area contributed by atoms with Crippen molar-refractivity contribution in [1.29, 1.82) is 0 Å². The highest BCUT2D eigenvalue weighted by Crippen LogP contribution is 2.55. The third-order valence-corrected chi connectivity index (χ3v) is 5.11. The van der Waals surface area contributed by atoms with Gasteiger partial charge in [0.05, 0.1) is 25.4 Å². The highest BCUT2D eigenvalue weighted by atomic mass is 32.2. The van der Waals surface area contributed by atoms with Crippen LogP contribution in [0.1, 0.15) is 25.7 Å². The molecule has 0 N–H and O–H groups in total. The van der Waals surface area contributed by atoms with E-state index in [4.69, 9.17) is 8.92 Å². The van der Waals surface area contributed by atoms with E-state index in [1.807, 2.05) is 0 Å². The average Bonchev–Trinajstić information content (AvgIpc) is 2.36. The third kappa shape index (κ3) is 2.69. The number of carbonyl (C=O) groups is 1. The van der Waals surface area contributed by atoms with Gasteiger partial charge in [-0.2, -0.15) is 8.42 Å². The van der Waals surface area contributed by atoms with Gasteiger partial charge in [0.2, 0.25) is 0 Å². The first-order chi connectivity index (χ1) is 8.81. The van der Waals surface area contributed by atoms with Crippen LogP contribution in [0.15, 0.2) is 12.7 Å². The van der Waals surface area contributed by atoms with Crippen molar-refractivity contribution in [1.82, 2.24) is 0 Å². The van der Waals surface area contributed by atoms with E-state index < -0.39 is 15.5 Å². The molecular formula is C13H20O5S. The molecule has 108 valence electrons. The molecule has 0 saturated heterocycles. The molecule has 0 aromatic rings. The van der Waals surface area contributed by atoms with E-state index in [1.54, 1.807) is 6.08 Å². The second kappa shape index (κ2) is 4.90. The lowest BCUT2D eigenvalue weighted by Gasteiger charge is -2.52. The highest BCUT2D eigenvalue weighted by molar-refractivity contribution is 7.86. The summed E-state index contributed by atoms with van der Waals surface area (Å²) < 4.78 is 32.6. The summed E-state index contributed by atoms with van der Waals surface area (Å²) in [4.78, 5) is 11.9. The van der Waals surface area contributed by atoms with Crippen LogP contribution in [0.5, 0.6) is 0 Å². The number of methoxy groups -OCH3 is 1. The van der Waals surface area contributed by atoms with Crippen LogP contribution in [0.4, 0.5) is 0 Å². The maximum Gasteiger partial charge on any atom is 0.309 e. The van der Waals surface area contributed by atoms with E-state index in [0.29, 0.717) is 12.8 Å². The summed E-state index contributed by atoms with van der Waals surface area (Å²) in [5.41, 5.74) is -0.392. The van der Waals surface area contributed by atoms with E-state index in [2.05, 4.69) is 6.58 Å². The molecule has 3 fully saturated rings. The number of allylic oxidation sites excluding steroid dienone is 1. The Balaban J connectivity index is 2.24. The smallest absolute Gasteiger partial charge is 0.309 e. The fourth-order valence-electron chi connectivity index (χ4n) is 3.54. The zero-order valence-electron chi connectivity index (χ0n) is 11.3. The Hall–Kier alpha value is -0.880. The molecule has 3 rings (SSSR count). The van der Waals surface area contributed by atoms with Crippen molar-refractivity contribution in [3.63, 3.8) is 0 Å². The zero-order chi connectivity index (χ0) is 14.3. The van der Waals surface area contributed by atoms with E-state index in [1.165, 1.54) is 7.11 Å². The van der Waals surface area contributed by atoms with Crippen molar-refractivity contribution >= 4 is 16.1 Å². The quantitative estimate of drug-likeness (QED) is 0.445. The molecule has 4 atom stereocenters. The monoisotopic (exact) mass is 288 g/mol. The van der Waals surface area contributed by atoms with Gasteiger partial charge in [-0.1, -0.05) is 6.08 Å². The van der Waals surface area contributed by atoms with Gasteiger partial charge in [0.25, 0.3) is 10.1 Å². The molecule has 0 aromatic heterocycles. The molecule has 0 heterocycles. The number of hydrogen-bond donors (Lipinski definition) is 0. The van der Waals surface area contributed by atoms with Gasteiger partial charge in [-0.25, -0.2) is 0 Å². The fraction of sp³-hybridized carbons (Fsp3) is 0.769. The summed E-state index contributed by atoms with van der Waals surface area (Å²) in [6.45, 7) is 3.84. The molecule has 19 heavy (non-hydrogen) atoms. The molecule has 0 aromatic carbocycles. The Kier molecular flexibility index (Phi) is 3.75. The van der Waals surface area contributed by atoms with Crippen LogP contribution < -0.4 is 0 Å². The predicted octanol–water partition coefficient (Wildman–Crippen LogP) is 1.50. The minimum absolute atomic E-state index is 0.0978. The Labute approximate surface area is 114 Å². The van der Waals surface area contributed by atoms with Crippen LogP contribution in [0.3, 0.4) is 0 Å². The Bertz CT molecular complexity index is 483. The highest BCUT2D eigenvalue weighted by Gasteiger charge is 2.54. The summed E-state index contributed by atoms with van der Waals surface area (Å²) in [6.07, 6.45) is 5.33. The van der Waals surface area contributed by atoms with Gasteiger partial charge in [0.1, 0.15) is 0 Å². The number of fused-ring (bicyclic) bond motifs is 3. The topological polar surface area (TPSA) is 69.7 Å². The molecule has 0 amide bonds. The Morgan fingerprint density at radius 2 is 2.16 bits per heavy atom. The van der Waals surface area contributed by atoms with Crippen molar-refractivity contribution in [3.05, 3.63) is 12.7 Å². The molecule has 3 aliphatic carbocycles. The van der Waals surface area contributed by atoms with Crippen molar-refractivity contribution < 1.29 is 22.1 Å². The van der Waals surface area contributed by atoms with Gasteiger partial charge in [0, 0.05) is 5.41 Å². The van der Waals surface area contributed by atoms with Crippen LogP contribution in [0, 0.1) is 17.3 Å². The van der Waals surface area contributed by atoms with Gasteiger partial charge in [0.15, 0.2) is 0 Å². The second-order valence-electron chi connectivity index (χ2n) is 5.59. The van der Waals surface area contributed by atoms with E-state index in [-0.39, 0.29) is 23.9 Å². The van der Waals surface area contributed by atoms with Crippen LogP contribution in [0.25, 0.3) is 0 Å². The molecule has 3 saturated carbocycles. The first kappa shape index (κ1) is 14.5. The van der Waals surface area contributed by atoms with Crippen molar-refractivity contribution in [2.24, 2.45) is 17.3 Å². The summed E-state index contributed by atoms with van der Waals surface area (Å²) in [5, 5.41) is 0. The predicted molar refractivity (Wildman–Crippen MR) is 69.8 cm³/mol. The lowest BCUT2D eigenvalue weighted by atomic mass is 9.54. The van der Waals surface area contributed by atoms with Crippen LogP contribution >= 0.6 is 0 Å². The first-order valence-electron chi connectivity index (χ1n) is 6.41. The maximum absolute atomic E-state index is 11.9. The summed E-state index contributed by atoms with van der Waals surface area (Å²) in [7, 11) is -2.09. The SMILES string of the molecule is C=CC12CCC(CC1C(=O)OC)C(OS(C)(=O)=O)C2. The molecule has 3 aliphatic rings. The molecule has 0 spiro atoms. The molecule has 4 unspecified atom stereocenters. The molecule has 2 bridgehead atoms. The fourth-order valence-corrected chi connectivity index (χ4v) is 4.22.